The van der Waals surface area contributed by atoms with E-state index in [4.69, 9.17) is 9.47 Å². The van der Waals surface area contributed by atoms with Crippen molar-refractivity contribution in [3.63, 3.8) is 0 Å². The van der Waals surface area contributed by atoms with Crippen molar-refractivity contribution in [2.24, 2.45) is 0 Å². The first-order chi connectivity index (χ1) is 12.2. The summed E-state index contributed by atoms with van der Waals surface area (Å²) >= 11 is 0. The normalized spacial score (nSPS) is 9.96. The summed E-state index contributed by atoms with van der Waals surface area (Å²) in [6, 6.07) is 13.0. The number of anilines is 1. The maximum Gasteiger partial charge on any atom is 0.255 e. The number of halogens is 1. The SMILES string of the molecule is CCNCc1ccccc1NC(=O)c1ccc(OCC)c(OCC)c1.Cl. The van der Waals surface area contributed by atoms with Crippen molar-refractivity contribution < 1.29 is 14.3 Å². The van der Waals surface area contributed by atoms with Crippen LogP contribution in [-0.4, -0.2) is 25.7 Å². The molecule has 0 radical (unpaired) electrons. The number of hydrogen-bond donors (Lipinski definition) is 2. The lowest BCUT2D eigenvalue weighted by Gasteiger charge is -2.14. The Morgan fingerprint density at radius 2 is 1.65 bits per heavy atom. The molecule has 0 heterocycles. The van der Waals surface area contributed by atoms with Gasteiger partial charge < -0.3 is 20.1 Å². The highest BCUT2D eigenvalue weighted by atomic mass is 35.5. The van der Waals surface area contributed by atoms with E-state index in [9.17, 15) is 4.79 Å². The summed E-state index contributed by atoms with van der Waals surface area (Å²) in [5, 5.41) is 6.26. The third kappa shape index (κ3) is 5.93. The molecule has 0 saturated carbocycles. The van der Waals surface area contributed by atoms with Gasteiger partial charge in [0.2, 0.25) is 0 Å². The number of rotatable bonds is 9. The van der Waals surface area contributed by atoms with Crippen molar-refractivity contribution in [1.29, 1.82) is 0 Å². The Balaban J connectivity index is 0.00000338. The lowest BCUT2D eigenvalue weighted by atomic mass is 10.1. The summed E-state index contributed by atoms with van der Waals surface area (Å²) in [4.78, 5) is 12.6. The molecule has 142 valence electrons. The van der Waals surface area contributed by atoms with Crippen LogP contribution in [0.25, 0.3) is 0 Å². The summed E-state index contributed by atoms with van der Waals surface area (Å²) in [6.07, 6.45) is 0. The second-order valence-electron chi connectivity index (χ2n) is 5.42. The first kappa shape index (κ1) is 21.8. The lowest BCUT2D eigenvalue weighted by Crippen LogP contribution is -2.17. The first-order valence-electron chi connectivity index (χ1n) is 8.69. The van der Waals surface area contributed by atoms with Crippen LogP contribution >= 0.6 is 12.4 Å². The number of carbonyl (C=O) groups is 1. The molecule has 0 unspecified atom stereocenters. The van der Waals surface area contributed by atoms with Crippen LogP contribution in [0, 0.1) is 0 Å². The summed E-state index contributed by atoms with van der Waals surface area (Å²) in [5.41, 5.74) is 2.39. The summed E-state index contributed by atoms with van der Waals surface area (Å²) in [6.45, 7) is 8.51. The molecule has 0 bridgehead atoms. The second-order valence-corrected chi connectivity index (χ2v) is 5.42. The summed E-state index contributed by atoms with van der Waals surface area (Å²) in [5.74, 6) is 1.05. The van der Waals surface area contributed by atoms with E-state index >= 15 is 0 Å². The highest BCUT2D eigenvalue weighted by Crippen LogP contribution is 2.29. The number of hydrogen-bond acceptors (Lipinski definition) is 4. The van der Waals surface area contributed by atoms with E-state index in [0.29, 0.717) is 36.8 Å². The number of ether oxygens (including phenoxy) is 2. The molecule has 0 aliphatic carbocycles. The maximum atomic E-state index is 12.6. The number of nitrogens with one attached hydrogen (secondary N) is 2. The Labute approximate surface area is 161 Å². The Kier molecular flexibility index (Phi) is 9.55. The minimum Gasteiger partial charge on any atom is -0.490 e. The molecular formula is C20H27ClN2O3. The molecule has 0 aliphatic heterocycles. The molecule has 26 heavy (non-hydrogen) atoms. The predicted octanol–water partition coefficient (Wildman–Crippen LogP) is 4.27. The fourth-order valence-corrected chi connectivity index (χ4v) is 2.44. The van der Waals surface area contributed by atoms with Crippen LogP contribution in [0.1, 0.15) is 36.7 Å². The van der Waals surface area contributed by atoms with Crippen LogP contribution in [0.4, 0.5) is 5.69 Å². The van der Waals surface area contributed by atoms with Gasteiger partial charge in [0, 0.05) is 17.8 Å². The number of carbonyl (C=O) groups excluding carboxylic acids is 1. The van der Waals surface area contributed by atoms with Crippen molar-refractivity contribution in [3.8, 4) is 11.5 Å². The molecule has 2 N–H and O–H groups in total. The van der Waals surface area contributed by atoms with Gasteiger partial charge in [-0.3, -0.25) is 4.79 Å². The molecule has 1 amide bonds. The van der Waals surface area contributed by atoms with Crippen LogP contribution in [0.2, 0.25) is 0 Å². The highest BCUT2D eigenvalue weighted by molar-refractivity contribution is 6.05. The number of amides is 1. The molecular weight excluding hydrogens is 352 g/mol. The monoisotopic (exact) mass is 378 g/mol. The fraction of sp³-hybridized carbons (Fsp3) is 0.350. The number of benzene rings is 2. The van der Waals surface area contributed by atoms with E-state index in [1.54, 1.807) is 18.2 Å². The van der Waals surface area contributed by atoms with E-state index in [1.165, 1.54) is 0 Å². The van der Waals surface area contributed by atoms with Gasteiger partial charge >= 0.3 is 0 Å². The van der Waals surface area contributed by atoms with Crippen molar-refractivity contribution >= 4 is 24.0 Å². The van der Waals surface area contributed by atoms with Crippen molar-refractivity contribution in [2.75, 3.05) is 25.1 Å². The van der Waals surface area contributed by atoms with Crippen LogP contribution in [0.5, 0.6) is 11.5 Å². The van der Waals surface area contributed by atoms with Gasteiger partial charge in [0.25, 0.3) is 5.91 Å². The van der Waals surface area contributed by atoms with Crippen molar-refractivity contribution in [1.82, 2.24) is 5.32 Å². The van der Waals surface area contributed by atoms with Crippen LogP contribution < -0.4 is 20.1 Å². The van der Waals surface area contributed by atoms with Gasteiger partial charge in [-0.05, 0) is 50.2 Å². The standard InChI is InChI=1S/C20H26N2O3.ClH/c1-4-21-14-16-9-7-8-10-17(16)22-20(23)15-11-12-18(24-5-2)19(13-15)25-6-3;/h7-13,21H,4-6,14H2,1-3H3,(H,22,23);1H. The molecule has 2 rings (SSSR count). The molecule has 6 heteroatoms. The topological polar surface area (TPSA) is 59.6 Å². The predicted molar refractivity (Wildman–Crippen MR) is 108 cm³/mol. The van der Waals surface area contributed by atoms with E-state index in [-0.39, 0.29) is 18.3 Å². The van der Waals surface area contributed by atoms with Gasteiger partial charge in [-0.25, -0.2) is 0 Å². The summed E-state index contributed by atoms with van der Waals surface area (Å²) < 4.78 is 11.1. The zero-order valence-corrected chi connectivity index (χ0v) is 16.3. The minimum atomic E-state index is -0.173. The molecule has 0 spiro atoms. The second kappa shape index (κ2) is 11.4. The van der Waals surface area contributed by atoms with Crippen LogP contribution in [0.3, 0.4) is 0 Å². The fourth-order valence-electron chi connectivity index (χ4n) is 2.44. The zero-order valence-electron chi connectivity index (χ0n) is 15.5. The lowest BCUT2D eigenvalue weighted by molar-refractivity contribution is 0.102. The molecule has 2 aromatic carbocycles. The average Bonchev–Trinajstić information content (AvgIpc) is 2.62. The zero-order chi connectivity index (χ0) is 18.1. The van der Waals surface area contributed by atoms with Gasteiger partial charge in [0.15, 0.2) is 11.5 Å². The first-order valence-corrected chi connectivity index (χ1v) is 8.69. The Morgan fingerprint density at radius 3 is 2.35 bits per heavy atom. The third-order valence-corrected chi connectivity index (χ3v) is 3.64. The van der Waals surface area contributed by atoms with E-state index in [0.717, 1.165) is 17.8 Å². The molecule has 0 atom stereocenters. The van der Waals surface area contributed by atoms with Crippen molar-refractivity contribution in [2.45, 2.75) is 27.3 Å². The quantitative estimate of drug-likeness (QED) is 0.684. The Hall–Kier alpha value is -2.24. The van der Waals surface area contributed by atoms with Crippen LogP contribution in [0.15, 0.2) is 42.5 Å². The molecule has 0 aliphatic rings. The van der Waals surface area contributed by atoms with Gasteiger partial charge in [-0.1, -0.05) is 25.1 Å². The van der Waals surface area contributed by atoms with Gasteiger partial charge in [-0.2, -0.15) is 0 Å². The van der Waals surface area contributed by atoms with Crippen molar-refractivity contribution in [3.05, 3.63) is 53.6 Å². The van der Waals surface area contributed by atoms with E-state index in [1.807, 2.05) is 38.1 Å². The Bertz CT molecular complexity index is 707. The number of para-hydroxylation sites is 1. The molecule has 0 fully saturated rings. The van der Waals surface area contributed by atoms with Gasteiger partial charge in [-0.15, -0.1) is 12.4 Å². The minimum absolute atomic E-state index is 0. The smallest absolute Gasteiger partial charge is 0.255 e. The maximum absolute atomic E-state index is 12.6. The molecule has 0 saturated heterocycles. The average molecular weight is 379 g/mol. The summed E-state index contributed by atoms with van der Waals surface area (Å²) in [7, 11) is 0. The molecule has 2 aromatic rings. The highest BCUT2D eigenvalue weighted by Gasteiger charge is 2.13. The van der Waals surface area contributed by atoms with Gasteiger partial charge in [0.1, 0.15) is 0 Å². The van der Waals surface area contributed by atoms with Gasteiger partial charge in [0.05, 0.1) is 13.2 Å². The van der Waals surface area contributed by atoms with E-state index < -0.39 is 0 Å². The third-order valence-electron chi connectivity index (χ3n) is 3.64. The van der Waals surface area contributed by atoms with E-state index in [2.05, 4.69) is 17.6 Å². The Morgan fingerprint density at radius 1 is 0.962 bits per heavy atom. The molecule has 0 aromatic heterocycles. The largest absolute Gasteiger partial charge is 0.490 e. The van der Waals surface area contributed by atoms with Crippen LogP contribution in [-0.2, 0) is 6.54 Å². The molecule has 5 nitrogen and oxygen atoms in total.